The molecule has 1 aromatic carbocycles. The molecule has 4 nitrogen and oxygen atoms in total. The molecule has 18 heavy (non-hydrogen) atoms. The van der Waals surface area contributed by atoms with Gasteiger partial charge in [-0.2, -0.15) is 0 Å². The number of rotatable bonds is 3. The number of nitrogens with one attached hydrogen (secondary N) is 1. The molecule has 1 unspecified atom stereocenters. The van der Waals surface area contributed by atoms with Crippen LogP contribution in [0.4, 0.5) is 0 Å². The topological polar surface area (TPSA) is 39.7 Å². The van der Waals surface area contributed by atoms with Gasteiger partial charge < -0.3 is 19.5 Å². The molecule has 3 rings (SSSR count). The summed E-state index contributed by atoms with van der Waals surface area (Å²) in [7, 11) is 1.68. The summed E-state index contributed by atoms with van der Waals surface area (Å²) in [5, 5.41) is 3.45. The molecule has 0 amide bonds. The summed E-state index contributed by atoms with van der Waals surface area (Å²) in [6.07, 6.45) is 3.56. The highest BCUT2D eigenvalue weighted by molar-refractivity contribution is 5.53. The molecule has 1 N–H and O–H groups in total. The van der Waals surface area contributed by atoms with Crippen LogP contribution < -0.4 is 19.5 Å². The number of benzene rings is 1. The summed E-state index contributed by atoms with van der Waals surface area (Å²) in [4.78, 5) is 0. The average Bonchev–Trinajstić information content (AvgIpc) is 2.88. The molecule has 1 aromatic rings. The first-order chi connectivity index (χ1) is 8.86. The summed E-state index contributed by atoms with van der Waals surface area (Å²) < 4.78 is 16.3. The van der Waals surface area contributed by atoms with Crippen LogP contribution in [0.5, 0.6) is 17.2 Å². The fourth-order valence-corrected chi connectivity index (χ4v) is 2.73. The lowest BCUT2D eigenvalue weighted by molar-refractivity contribution is 0.173. The minimum atomic E-state index is 0.318. The van der Waals surface area contributed by atoms with Gasteiger partial charge in [0.15, 0.2) is 11.5 Å². The molecule has 2 heterocycles. The van der Waals surface area contributed by atoms with Crippen molar-refractivity contribution >= 4 is 0 Å². The summed E-state index contributed by atoms with van der Waals surface area (Å²) in [6, 6.07) is 3.97. The maximum atomic E-state index is 5.57. The highest BCUT2D eigenvalue weighted by Gasteiger charge is 2.22. The maximum Gasteiger partial charge on any atom is 0.231 e. The molecule has 2 aliphatic heterocycles. The quantitative estimate of drug-likeness (QED) is 0.889. The van der Waals surface area contributed by atoms with Crippen molar-refractivity contribution in [1.82, 2.24) is 5.32 Å². The van der Waals surface area contributed by atoms with Crippen molar-refractivity contribution in [3.8, 4) is 17.2 Å². The number of piperidine rings is 1. The standard InChI is InChI=1S/C14H19NO3/c1-16-12-6-11(5-10-3-2-4-15-8-10)14-13(7-12)17-9-18-14/h6-7,10,15H,2-5,8-9H2,1H3. The third-order valence-corrected chi connectivity index (χ3v) is 3.67. The molecule has 1 saturated heterocycles. The van der Waals surface area contributed by atoms with Gasteiger partial charge in [-0.25, -0.2) is 0 Å². The second kappa shape index (κ2) is 5.06. The van der Waals surface area contributed by atoms with E-state index in [0.717, 1.165) is 36.8 Å². The van der Waals surface area contributed by atoms with Crippen molar-refractivity contribution in [3.63, 3.8) is 0 Å². The van der Waals surface area contributed by atoms with Crippen LogP contribution in [-0.4, -0.2) is 27.0 Å². The summed E-state index contributed by atoms with van der Waals surface area (Å²) >= 11 is 0. The van der Waals surface area contributed by atoms with Gasteiger partial charge in [-0.3, -0.25) is 0 Å². The van der Waals surface area contributed by atoms with Crippen LogP contribution >= 0.6 is 0 Å². The van der Waals surface area contributed by atoms with E-state index in [1.807, 2.05) is 6.07 Å². The number of fused-ring (bicyclic) bond motifs is 1. The lowest BCUT2D eigenvalue weighted by atomic mass is 9.92. The zero-order valence-electron chi connectivity index (χ0n) is 10.7. The Balaban J connectivity index is 1.83. The molecule has 0 radical (unpaired) electrons. The first-order valence-corrected chi connectivity index (χ1v) is 6.54. The minimum Gasteiger partial charge on any atom is -0.497 e. The smallest absolute Gasteiger partial charge is 0.231 e. The number of methoxy groups -OCH3 is 1. The Bertz CT molecular complexity index is 427. The average molecular weight is 249 g/mol. The van der Waals surface area contributed by atoms with Crippen molar-refractivity contribution in [3.05, 3.63) is 17.7 Å². The maximum absolute atomic E-state index is 5.57. The van der Waals surface area contributed by atoms with Gasteiger partial charge in [0.25, 0.3) is 0 Å². The van der Waals surface area contributed by atoms with Crippen molar-refractivity contribution < 1.29 is 14.2 Å². The first kappa shape index (κ1) is 11.7. The Hall–Kier alpha value is -1.42. The largest absolute Gasteiger partial charge is 0.497 e. The van der Waals surface area contributed by atoms with Crippen LogP contribution in [0.2, 0.25) is 0 Å². The number of ether oxygens (including phenoxy) is 3. The highest BCUT2D eigenvalue weighted by atomic mass is 16.7. The Kier molecular flexibility index (Phi) is 3.28. The highest BCUT2D eigenvalue weighted by Crippen LogP contribution is 2.40. The Labute approximate surface area is 107 Å². The Morgan fingerprint density at radius 2 is 2.33 bits per heavy atom. The zero-order valence-corrected chi connectivity index (χ0v) is 10.7. The van der Waals surface area contributed by atoms with Crippen molar-refractivity contribution in [1.29, 1.82) is 0 Å². The van der Waals surface area contributed by atoms with Gasteiger partial charge in [-0.05, 0) is 44.3 Å². The Morgan fingerprint density at radius 3 is 3.11 bits per heavy atom. The van der Waals surface area contributed by atoms with Gasteiger partial charge in [0.2, 0.25) is 6.79 Å². The number of hydrogen-bond acceptors (Lipinski definition) is 4. The molecule has 1 atom stereocenters. The molecule has 4 heteroatoms. The van der Waals surface area contributed by atoms with E-state index in [9.17, 15) is 0 Å². The van der Waals surface area contributed by atoms with Gasteiger partial charge >= 0.3 is 0 Å². The van der Waals surface area contributed by atoms with Crippen LogP contribution in [0.1, 0.15) is 18.4 Å². The molecule has 2 aliphatic rings. The van der Waals surface area contributed by atoms with Crippen LogP contribution in [-0.2, 0) is 6.42 Å². The monoisotopic (exact) mass is 249 g/mol. The molecule has 0 aliphatic carbocycles. The predicted molar refractivity (Wildman–Crippen MR) is 68.4 cm³/mol. The molecule has 98 valence electrons. The summed E-state index contributed by atoms with van der Waals surface area (Å²) in [5.74, 6) is 3.24. The third kappa shape index (κ3) is 2.25. The molecule has 0 spiro atoms. The normalized spacial score (nSPS) is 21.9. The Morgan fingerprint density at radius 1 is 1.39 bits per heavy atom. The van der Waals surface area contributed by atoms with Crippen LogP contribution in [0.25, 0.3) is 0 Å². The first-order valence-electron chi connectivity index (χ1n) is 6.54. The summed E-state index contributed by atoms with van der Waals surface area (Å²) in [6.45, 7) is 2.55. The van der Waals surface area contributed by atoms with E-state index in [4.69, 9.17) is 14.2 Å². The van der Waals surface area contributed by atoms with Gasteiger partial charge in [-0.15, -0.1) is 0 Å². The zero-order chi connectivity index (χ0) is 12.4. The fraction of sp³-hybridized carbons (Fsp3) is 0.571. The number of hydrogen-bond donors (Lipinski definition) is 1. The second-order valence-electron chi connectivity index (χ2n) is 4.94. The fourth-order valence-electron chi connectivity index (χ4n) is 2.73. The van der Waals surface area contributed by atoms with E-state index in [1.54, 1.807) is 7.11 Å². The van der Waals surface area contributed by atoms with Gasteiger partial charge in [-0.1, -0.05) is 0 Å². The second-order valence-corrected chi connectivity index (χ2v) is 4.94. The van der Waals surface area contributed by atoms with E-state index in [1.165, 1.54) is 18.4 Å². The van der Waals surface area contributed by atoms with Gasteiger partial charge in [0.1, 0.15) is 5.75 Å². The predicted octanol–water partition coefficient (Wildman–Crippen LogP) is 1.97. The van der Waals surface area contributed by atoms with E-state index in [0.29, 0.717) is 12.7 Å². The minimum absolute atomic E-state index is 0.318. The molecule has 1 fully saturated rings. The lowest BCUT2D eigenvalue weighted by Crippen LogP contribution is -2.30. The molecular weight excluding hydrogens is 230 g/mol. The van der Waals surface area contributed by atoms with Crippen molar-refractivity contribution in [2.45, 2.75) is 19.3 Å². The van der Waals surface area contributed by atoms with Crippen LogP contribution in [0.3, 0.4) is 0 Å². The summed E-state index contributed by atoms with van der Waals surface area (Å²) in [5.41, 5.74) is 1.20. The SMILES string of the molecule is COc1cc(CC2CCCNC2)c2c(c1)OCO2. The van der Waals surface area contributed by atoms with Gasteiger partial charge in [0, 0.05) is 11.6 Å². The van der Waals surface area contributed by atoms with E-state index in [-0.39, 0.29) is 0 Å². The van der Waals surface area contributed by atoms with E-state index >= 15 is 0 Å². The lowest BCUT2D eigenvalue weighted by Gasteiger charge is -2.23. The third-order valence-electron chi connectivity index (χ3n) is 3.67. The molecule has 0 bridgehead atoms. The van der Waals surface area contributed by atoms with E-state index < -0.39 is 0 Å². The van der Waals surface area contributed by atoms with Crippen LogP contribution in [0, 0.1) is 5.92 Å². The molecular formula is C14H19NO3. The molecule has 0 saturated carbocycles. The van der Waals surface area contributed by atoms with Crippen molar-refractivity contribution in [2.75, 3.05) is 27.0 Å². The molecule has 0 aromatic heterocycles. The van der Waals surface area contributed by atoms with Crippen LogP contribution in [0.15, 0.2) is 12.1 Å². The van der Waals surface area contributed by atoms with Gasteiger partial charge in [0.05, 0.1) is 7.11 Å². The van der Waals surface area contributed by atoms with Crippen molar-refractivity contribution in [2.24, 2.45) is 5.92 Å². The van der Waals surface area contributed by atoms with E-state index in [2.05, 4.69) is 11.4 Å².